The van der Waals surface area contributed by atoms with Crippen LogP contribution in [0.4, 0.5) is 4.39 Å². The zero-order chi connectivity index (χ0) is 15.2. The van der Waals surface area contributed by atoms with Crippen molar-refractivity contribution in [3.8, 4) is 6.07 Å². The van der Waals surface area contributed by atoms with Gasteiger partial charge in [-0.25, -0.2) is 4.39 Å². The molecule has 1 atom stereocenters. The Balaban J connectivity index is 2.06. The van der Waals surface area contributed by atoms with E-state index in [-0.39, 0.29) is 17.8 Å². The number of hydrogen-bond acceptors (Lipinski definition) is 2. The van der Waals surface area contributed by atoms with Crippen molar-refractivity contribution in [1.29, 1.82) is 5.26 Å². The molecule has 0 aliphatic carbocycles. The molecule has 0 N–H and O–H groups in total. The summed E-state index contributed by atoms with van der Waals surface area (Å²) in [5, 5.41) is 9.17. The van der Waals surface area contributed by atoms with Crippen molar-refractivity contribution in [2.24, 2.45) is 0 Å². The lowest BCUT2D eigenvalue weighted by Crippen LogP contribution is -2.13. The molecule has 0 radical (unpaired) electrons. The maximum atomic E-state index is 13.7. The minimum absolute atomic E-state index is 0.161. The van der Waals surface area contributed by atoms with Crippen LogP contribution >= 0.6 is 0 Å². The molecule has 0 fully saturated rings. The Bertz CT molecular complexity index is 670. The van der Waals surface area contributed by atoms with E-state index in [0.29, 0.717) is 6.42 Å². The molecule has 0 saturated carbocycles. The molecule has 0 heterocycles. The Hall–Kier alpha value is -2.47. The SMILES string of the molecule is Cc1ccc(CCC(=O)C(C#N)c2ccccc2F)cc1. The number of carbonyl (C=O) groups excluding carboxylic acids is 1. The Kier molecular flexibility index (Phi) is 4.84. The van der Waals surface area contributed by atoms with Crippen molar-refractivity contribution < 1.29 is 9.18 Å². The molecule has 2 nitrogen and oxygen atoms in total. The van der Waals surface area contributed by atoms with Gasteiger partial charge in [-0.15, -0.1) is 0 Å². The first-order valence-corrected chi connectivity index (χ1v) is 6.84. The molecule has 2 aromatic rings. The van der Waals surface area contributed by atoms with E-state index in [9.17, 15) is 14.4 Å². The average Bonchev–Trinajstić information content (AvgIpc) is 2.49. The second kappa shape index (κ2) is 6.81. The molecule has 0 aromatic heterocycles. The molecule has 21 heavy (non-hydrogen) atoms. The predicted octanol–water partition coefficient (Wildman–Crippen LogP) is 3.94. The van der Waals surface area contributed by atoms with Crippen molar-refractivity contribution in [3.63, 3.8) is 0 Å². The van der Waals surface area contributed by atoms with Crippen molar-refractivity contribution >= 4 is 5.78 Å². The third-order valence-electron chi connectivity index (χ3n) is 3.45. The van der Waals surface area contributed by atoms with Crippen LogP contribution in [0.2, 0.25) is 0 Å². The van der Waals surface area contributed by atoms with Gasteiger partial charge in [0.1, 0.15) is 11.7 Å². The fourth-order valence-corrected chi connectivity index (χ4v) is 2.19. The van der Waals surface area contributed by atoms with E-state index < -0.39 is 11.7 Å². The van der Waals surface area contributed by atoms with Gasteiger partial charge in [0.25, 0.3) is 0 Å². The number of aryl methyl sites for hydroxylation is 2. The molecule has 0 aliphatic heterocycles. The van der Waals surface area contributed by atoms with Crippen LogP contribution in [0.5, 0.6) is 0 Å². The second-order valence-electron chi connectivity index (χ2n) is 5.04. The highest BCUT2D eigenvalue weighted by Crippen LogP contribution is 2.21. The zero-order valence-corrected chi connectivity index (χ0v) is 11.8. The van der Waals surface area contributed by atoms with Crippen molar-refractivity contribution in [1.82, 2.24) is 0 Å². The lowest BCUT2D eigenvalue weighted by Gasteiger charge is -2.09. The van der Waals surface area contributed by atoms with Crippen LogP contribution in [0.15, 0.2) is 48.5 Å². The van der Waals surface area contributed by atoms with Crippen LogP contribution in [0.1, 0.15) is 29.0 Å². The Morgan fingerprint density at radius 3 is 2.48 bits per heavy atom. The van der Waals surface area contributed by atoms with Gasteiger partial charge in [0.05, 0.1) is 6.07 Å². The number of nitrogens with zero attached hydrogens (tertiary/aromatic N) is 1. The van der Waals surface area contributed by atoms with E-state index in [1.54, 1.807) is 12.1 Å². The topological polar surface area (TPSA) is 40.9 Å². The fraction of sp³-hybridized carbons (Fsp3) is 0.222. The predicted molar refractivity (Wildman–Crippen MR) is 79.3 cm³/mol. The summed E-state index contributed by atoms with van der Waals surface area (Å²) < 4.78 is 13.7. The zero-order valence-electron chi connectivity index (χ0n) is 11.8. The molecular weight excluding hydrogens is 265 g/mol. The lowest BCUT2D eigenvalue weighted by molar-refractivity contribution is -0.119. The average molecular weight is 281 g/mol. The van der Waals surface area contributed by atoms with Gasteiger partial charge in [-0.1, -0.05) is 48.0 Å². The largest absolute Gasteiger partial charge is 0.298 e. The van der Waals surface area contributed by atoms with Gasteiger partial charge >= 0.3 is 0 Å². The van der Waals surface area contributed by atoms with E-state index >= 15 is 0 Å². The molecule has 0 aliphatic rings. The van der Waals surface area contributed by atoms with E-state index in [1.165, 1.54) is 12.1 Å². The minimum atomic E-state index is -1.03. The summed E-state index contributed by atoms with van der Waals surface area (Å²) in [5.41, 5.74) is 2.36. The summed E-state index contributed by atoms with van der Waals surface area (Å²) >= 11 is 0. The quantitative estimate of drug-likeness (QED) is 0.832. The molecule has 3 heteroatoms. The van der Waals surface area contributed by atoms with E-state index in [4.69, 9.17) is 0 Å². The van der Waals surface area contributed by atoms with E-state index in [1.807, 2.05) is 37.3 Å². The van der Waals surface area contributed by atoms with Gasteiger partial charge in [0.2, 0.25) is 0 Å². The maximum absolute atomic E-state index is 13.7. The number of Topliss-reactive ketones (excluding diaryl/α,β-unsaturated/α-hetero) is 1. The molecule has 0 saturated heterocycles. The van der Waals surface area contributed by atoms with Gasteiger partial charge in [0.15, 0.2) is 5.78 Å². The molecule has 106 valence electrons. The Morgan fingerprint density at radius 2 is 1.86 bits per heavy atom. The van der Waals surface area contributed by atoms with Gasteiger partial charge in [-0.3, -0.25) is 4.79 Å². The number of ketones is 1. The number of carbonyl (C=O) groups is 1. The number of halogens is 1. The molecular formula is C18H16FNO. The van der Waals surface area contributed by atoms with Crippen LogP contribution in [0.3, 0.4) is 0 Å². The molecule has 2 rings (SSSR count). The molecule has 0 amide bonds. The van der Waals surface area contributed by atoms with Gasteiger partial charge in [-0.05, 0) is 25.0 Å². The number of hydrogen-bond donors (Lipinski definition) is 0. The van der Waals surface area contributed by atoms with Gasteiger partial charge in [0, 0.05) is 12.0 Å². The van der Waals surface area contributed by atoms with Gasteiger partial charge < -0.3 is 0 Å². The number of nitriles is 1. The highest BCUT2D eigenvalue weighted by molar-refractivity contribution is 5.88. The lowest BCUT2D eigenvalue weighted by atomic mass is 9.92. The first-order chi connectivity index (χ1) is 10.1. The number of rotatable bonds is 5. The third-order valence-corrected chi connectivity index (χ3v) is 3.45. The Labute approximate surface area is 123 Å². The van der Waals surface area contributed by atoms with Crippen LogP contribution in [0.25, 0.3) is 0 Å². The second-order valence-corrected chi connectivity index (χ2v) is 5.04. The maximum Gasteiger partial charge on any atom is 0.154 e. The van der Waals surface area contributed by atoms with Crippen molar-refractivity contribution in [2.75, 3.05) is 0 Å². The van der Waals surface area contributed by atoms with Crippen LogP contribution < -0.4 is 0 Å². The molecule has 2 aromatic carbocycles. The fourth-order valence-electron chi connectivity index (χ4n) is 2.19. The van der Waals surface area contributed by atoms with Crippen LogP contribution in [-0.2, 0) is 11.2 Å². The monoisotopic (exact) mass is 281 g/mol. The molecule has 1 unspecified atom stereocenters. The molecule has 0 bridgehead atoms. The van der Waals surface area contributed by atoms with Gasteiger partial charge in [-0.2, -0.15) is 5.26 Å². The first kappa shape index (κ1) is 14.9. The standard InChI is InChI=1S/C18H16FNO/c1-13-6-8-14(9-7-13)10-11-18(21)16(12-20)15-4-2-3-5-17(15)19/h2-9,16H,10-11H2,1H3. The van der Waals surface area contributed by atoms with E-state index in [2.05, 4.69) is 0 Å². The van der Waals surface area contributed by atoms with Crippen LogP contribution in [-0.4, -0.2) is 5.78 Å². The summed E-state index contributed by atoms with van der Waals surface area (Å²) in [6, 6.07) is 15.8. The highest BCUT2D eigenvalue weighted by atomic mass is 19.1. The summed E-state index contributed by atoms with van der Waals surface area (Å²) in [7, 11) is 0. The minimum Gasteiger partial charge on any atom is -0.298 e. The number of benzene rings is 2. The summed E-state index contributed by atoms with van der Waals surface area (Å²) in [6.07, 6.45) is 0.793. The smallest absolute Gasteiger partial charge is 0.154 e. The van der Waals surface area contributed by atoms with Crippen molar-refractivity contribution in [3.05, 3.63) is 71.0 Å². The Morgan fingerprint density at radius 1 is 1.19 bits per heavy atom. The first-order valence-electron chi connectivity index (χ1n) is 6.84. The third kappa shape index (κ3) is 3.76. The van der Waals surface area contributed by atoms with Crippen LogP contribution in [0, 0.1) is 24.1 Å². The summed E-state index contributed by atoms with van der Waals surface area (Å²) in [6.45, 7) is 2.00. The normalized spacial score (nSPS) is 11.7. The van der Waals surface area contributed by atoms with Crippen molar-refractivity contribution in [2.45, 2.75) is 25.7 Å². The van der Waals surface area contributed by atoms with E-state index in [0.717, 1.165) is 11.1 Å². The molecule has 0 spiro atoms. The summed E-state index contributed by atoms with van der Waals surface area (Å²) in [5.74, 6) is -1.78. The highest BCUT2D eigenvalue weighted by Gasteiger charge is 2.22. The summed E-state index contributed by atoms with van der Waals surface area (Å²) in [4.78, 5) is 12.2.